The van der Waals surface area contributed by atoms with E-state index in [1.54, 1.807) is 24.3 Å². The minimum absolute atomic E-state index is 0.134. The van der Waals surface area contributed by atoms with E-state index in [2.05, 4.69) is 22.3 Å². The number of anilines is 1. The fraction of sp³-hybridized carbons (Fsp3) is 0.188. The zero-order chi connectivity index (χ0) is 18.9. The molecular weight excluding hydrogens is 380 g/mol. The highest BCUT2D eigenvalue weighted by Gasteiger charge is 2.33. The summed E-state index contributed by atoms with van der Waals surface area (Å²) in [5.41, 5.74) is 1.30. The highest BCUT2D eigenvalue weighted by atomic mass is 35.5. The van der Waals surface area contributed by atoms with Crippen LogP contribution in [0.15, 0.2) is 36.9 Å². The summed E-state index contributed by atoms with van der Waals surface area (Å²) in [6.45, 7) is 3.59. The molecule has 0 aliphatic carbocycles. The Morgan fingerprint density at radius 1 is 1.23 bits per heavy atom. The quantitative estimate of drug-likeness (QED) is 0.598. The molecule has 136 valence electrons. The number of aromatic nitrogens is 2. The van der Waals surface area contributed by atoms with Crippen LogP contribution in [-0.4, -0.2) is 36.6 Å². The second-order valence-electron chi connectivity index (χ2n) is 5.65. The molecule has 10 heteroatoms. The number of fused-ring (bicyclic) bond motifs is 1. The van der Waals surface area contributed by atoms with Crippen molar-refractivity contribution in [1.82, 2.24) is 15.1 Å². The highest BCUT2D eigenvalue weighted by Crippen LogP contribution is 2.33. The first-order valence-corrected chi connectivity index (χ1v) is 9.78. The van der Waals surface area contributed by atoms with Crippen molar-refractivity contribution in [2.75, 3.05) is 11.9 Å². The zero-order valence-corrected chi connectivity index (χ0v) is 15.1. The number of nitrogens with zero attached hydrogens (tertiary/aromatic N) is 2. The fourth-order valence-electron chi connectivity index (χ4n) is 2.55. The Balaban J connectivity index is 1.99. The van der Waals surface area contributed by atoms with Crippen LogP contribution in [0.1, 0.15) is 11.3 Å². The van der Waals surface area contributed by atoms with Gasteiger partial charge in [0.15, 0.2) is 9.84 Å². The van der Waals surface area contributed by atoms with E-state index < -0.39 is 21.7 Å². The van der Waals surface area contributed by atoms with Crippen LogP contribution in [0.5, 0.6) is 0 Å². The van der Waals surface area contributed by atoms with Crippen molar-refractivity contribution in [2.24, 2.45) is 0 Å². The number of hydrogen-bond acceptors (Lipinski definition) is 5. The monoisotopic (exact) mass is 394 g/mol. The normalized spacial score (nSPS) is 14.5. The van der Waals surface area contributed by atoms with Crippen LogP contribution in [-0.2, 0) is 30.9 Å². The predicted molar refractivity (Wildman–Crippen MR) is 96.7 cm³/mol. The van der Waals surface area contributed by atoms with E-state index in [-0.39, 0.29) is 23.9 Å². The Hall–Kier alpha value is -2.65. The van der Waals surface area contributed by atoms with Gasteiger partial charge < -0.3 is 10.6 Å². The van der Waals surface area contributed by atoms with Crippen LogP contribution in [0.3, 0.4) is 0 Å². The summed E-state index contributed by atoms with van der Waals surface area (Å²) in [5.74, 6) is -2.09. The van der Waals surface area contributed by atoms with Crippen LogP contribution in [0.2, 0.25) is 5.02 Å². The number of benzene rings is 1. The third kappa shape index (κ3) is 3.63. The average molecular weight is 395 g/mol. The van der Waals surface area contributed by atoms with Crippen molar-refractivity contribution in [3.8, 4) is 5.69 Å². The number of halogens is 1. The molecular formula is C16H15ClN4O4S. The van der Waals surface area contributed by atoms with E-state index in [9.17, 15) is 18.0 Å². The second-order valence-corrected chi connectivity index (χ2v) is 8.15. The van der Waals surface area contributed by atoms with E-state index in [1.807, 2.05) is 0 Å². The number of rotatable bonds is 4. The standard InChI is InChI=1S/C16H15ClN4O4S/c1-2-7-18-15(22)16(23)19-14-12-8-26(24,25)9-13(12)20-21(14)11-5-3-10(17)4-6-11/h2-6H,1,7-9H2,(H,18,22)(H,19,23). The molecule has 0 fully saturated rings. The first-order chi connectivity index (χ1) is 12.3. The third-order valence-electron chi connectivity index (χ3n) is 3.70. The van der Waals surface area contributed by atoms with Gasteiger partial charge in [-0.3, -0.25) is 9.59 Å². The van der Waals surface area contributed by atoms with E-state index in [0.717, 1.165) is 0 Å². The molecule has 1 aliphatic rings. The summed E-state index contributed by atoms with van der Waals surface area (Å²) >= 11 is 5.89. The van der Waals surface area contributed by atoms with E-state index in [1.165, 1.54) is 10.8 Å². The molecule has 8 nitrogen and oxygen atoms in total. The van der Waals surface area contributed by atoms with E-state index >= 15 is 0 Å². The van der Waals surface area contributed by atoms with Crippen molar-refractivity contribution >= 4 is 39.1 Å². The number of hydrogen-bond donors (Lipinski definition) is 2. The second kappa shape index (κ2) is 6.93. The van der Waals surface area contributed by atoms with Crippen LogP contribution >= 0.6 is 11.6 Å². The summed E-state index contributed by atoms with van der Waals surface area (Å²) in [6, 6.07) is 6.63. The summed E-state index contributed by atoms with van der Waals surface area (Å²) in [7, 11) is -3.32. The van der Waals surface area contributed by atoms with Gasteiger partial charge in [0, 0.05) is 17.1 Å². The van der Waals surface area contributed by atoms with E-state index in [4.69, 9.17) is 11.6 Å². The molecule has 2 amide bonds. The average Bonchev–Trinajstić information content (AvgIpc) is 3.06. The lowest BCUT2D eigenvalue weighted by molar-refractivity contribution is -0.136. The summed E-state index contributed by atoms with van der Waals surface area (Å²) in [5, 5.41) is 9.64. The first kappa shape index (κ1) is 18.2. The van der Waals surface area contributed by atoms with Crippen LogP contribution < -0.4 is 10.6 Å². The number of carbonyl (C=O) groups is 2. The maximum Gasteiger partial charge on any atom is 0.314 e. The SMILES string of the molecule is C=CCNC(=O)C(=O)Nc1c2c(nn1-c1ccc(Cl)cc1)CS(=O)(=O)C2. The molecule has 2 N–H and O–H groups in total. The lowest BCUT2D eigenvalue weighted by atomic mass is 10.2. The van der Waals surface area contributed by atoms with Crippen molar-refractivity contribution in [3.05, 3.63) is 53.2 Å². The molecule has 0 spiro atoms. The molecule has 2 heterocycles. The summed E-state index contributed by atoms with van der Waals surface area (Å²) < 4.78 is 25.2. The zero-order valence-electron chi connectivity index (χ0n) is 13.5. The van der Waals surface area contributed by atoms with Gasteiger partial charge in [-0.2, -0.15) is 5.10 Å². The predicted octanol–water partition coefficient (Wildman–Crippen LogP) is 1.19. The van der Waals surface area contributed by atoms with Gasteiger partial charge in [-0.25, -0.2) is 13.1 Å². The molecule has 0 radical (unpaired) electrons. The minimum atomic E-state index is -3.32. The minimum Gasteiger partial charge on any atom is -0.344 e. The van der Waals surface area contributed by atoms with Crippen molar-refractivity contribution in [3.63, 3.8) is 0 Å². The maximum atomic E-state index is 12.1. The molecule has 2 aromatic rings. The molecule has 1 aromatic heterocycles. The Bertz CT molecular complexity index is 996. The highest BCUT2D eigenvalue weighted by molar-refractivity contribution is 7.90. The van der Waals surface area contributed by atoms with Crippen LogP contribution in [0, 0.1) is 0 Å². The number of carbonyl (C=O) groups excluding carboxylic acids is 2. The maximum absolute atomic E-state index is 12.1. The van der Waals surface area contributed by atoms with Crippen molar-refractivity contribution < 1.29 is 18.0 Å². The van der Waals surface area contributed by atoms with Gasteiger partial charge >= 0.3 is 11.8 Å². The van der Waals surface area contributed by atoms with E-state index in [0.29, 0.717) is 22.0 Å². The Morgan fingerprint density at radius 3 is 2.58 bits per heavy atom. The van der Waals surface area contributed by atoms with Gasteiger partial charge in [0.1, 0.15) is 5.82 Å². The van der Waals surface area contributed by atoms with Gasteiger partial charge in [-0.1, -0.05) is 17.7 Å². The number of amides is 2. The molecule has 0 unspecified atom stereocenters. The molecule has 0 saturated heterocycles. The Kier molecular flexibility index (Phi) is 4.84. The van der Waals surface area contributed by atoms with Crippen molar-refractivity contribution in [1.29, 1.82) is 0 Å². The number of sulfone groups is 1. The molecule has 1 aliphatic heterocycles. The Labute approximate surface area is 154 Å². The summed E-state index contributed by atoms with van der Waals surface area (Å²) in [6.07, 6.45) is 1.44. The molecule has 3 rings (SSSR count). The van der Waals surface area contributed by atoms with Crippen LogP contribution in [0.4, 0.5) is 5.82 Å². The van der Waals surface area contributed by atoms with Gasteiger partial charge in [0.25, 0.3) is 0 Å². The number of nitrogens with one attached hydrogen (secondary N) is 2. The molecule has 0 saturated carbocycles. The van der Waals surface area contributed by atoms with Crippen LogP contribution in [0.25, 0.3) is 5.69 Å². The lowest BCUT2D eigenvalue weighted by Crippen LogP contribution is -2.36. The Morgan fingerprint density at radius 2 is 1.92 bits per heavy atom. The molecule has 1 aromatic carbocycles. The van der Waals surface area contributed by atoms with Crippen molar-refractivity contribution in [2.45, 2.75) is 11.5 Å². The fourth-order valence-corrected chi connectivity index (χ4v) is 4.17. The topological polar surface area (TPSA) is 110 Å². The lowest BCUT2D eigenvalue weighted by Gasteiger charge is -2.11. The third-order valence-corrected chi connectivity index (χ3v) is 5.40. The van der Waals surface area contributed by atoms with Gasteiger partial charge in [0.2, 0.25) is 0 Å². The first-order valence-electron chi connectivity index (χ1n) is 7.58. The smallest absolute Gasteiger partial charge is 0.314 e. The molecule has 0 bridgehead atoms. The molecule has 0 atom stereocenters. The summed E-state index contributed by atoms with van der Waals surface area (Å²) in [4.78, 5) is 24.0. The molecule has 26 heavy (non-hydrogen) atoms. The van der Waals surface area contributed by atoms with Gasteiger partial charge in [0.05, 0.1) is 22.9 Å². The van der Waals surface area contributed by atoms with Gasteiger partial charge in [-0.15, -0.1) is 6.58 Å². The van der Waals surface area contributed by atoms with Gasteiger partial charge in [-0.05, 0) is 24.3 Å². The largest absolute Gasteiger partial charge is 0.344 e.